The molecule has 1 amide bonds. The number of benzene rings is 3. The van der Waals surface area contributed by atoms with Crippen molar-refractivity contribution < 1.29 is 20.8 Å². The molecule has 1 atom stereocenters. The Hall–Kier alpha value is -4.39. The highest BCUT2D eigenvalue weighted by Crippen LogP contribution is 2.24. The molecule has 1 unspecified atom stereocenters. The van der Waals surface area contributed by atoms with Gasteiger partial charge in [-0.3, -0.25) is 14.7 Å². The summed E-state index contributed by atoms with van der Waals surface area (Å²) in [4.78, 5) is 26.0. The number of carboxylic acid groups (broad SMARTS) is 1. The lowest BCUT2D eigenvalue weighted by molar-refractivity contribution is -0.137. The van der Waals surface area contributed by atoms with Crippen LogP contribution in [0.3, 0.4) is 0 Å². The van der Waals surface area contributed by atoms with E-state index in [9.17, 15) is 9.59 Å². The van der Waals surface area contributed by atoms with Crippen molar-refractivity contribution in [1.82, 2.24) is 15.1 Å². The first kappa shape index (κ1) is 24.3. The fourth-order valence-corrected chi connectivity index (χ4v) is 3.96. The van der Waals surface area contributed by atoms with Crippen molar-refractivity contribution in [2.45, 2.75) is 38.7 Å². The first-order valence-corrected chi connectivity index (χ1v) is 12.3. The molecule has 4 rings (SSSR count). The van der Waals surface area contributed by atoms with E-state index in [1.54, 1.807) is 30.6 Å². The number of ether oxygens (including phenoxy) is 1. The van der Waals surface area contributed by atoms with Crippen LogP contribution in [0.4, 0.5) is 0 Å². The van der Waals surface area contributed by atoms with Gasteiger partial charge in [-0.05, 0) is 48.6 Å². The molecule has 0 saturated carbocycles. The maximum atomic E-state index is 13.8. The summed E-state index contributed by atoms with van der Waals surface area (Å²) in [7, 11) is 0. The molecular formula is C30H31N3O4. The Bertz CT molecular complexity index is 1310. The van der Waals surface area contributed by atoms with Gasteiger partial charge in [-0.2, -0.15) is 5.10 Å². The molecule has 0 aliphatic carbocycles. The molecule has 37 heavy (non-hydrogen) atoms. The molecule has 3 aromatic carbocycles. The maximum Gasteiger partial charge on any atom is 0.303 e. The van der Waals surface area contributed by atoms with Crippen LogP contribution in [0.5, 0.6) is 5.75 Å². The summed E-state index contributed by atoms with van der Waals surface area (Å²) in [5.74, 6) is -0.504. The number of aromatic nitrogens is 2. The van der Waals surface area contributed by atoms with Gasteiger partial charge in [-0.25, -0.2) is 0 Å². The number of aromatic amines is 1. The predicted octanol–water partition coefficient (Wildman–Crippen LogP) is 5.94. The highest BCUT2D eigenvalue weighted by molar-refractivity contribution is 5.94. The molecule has 7 heteroatoms. The van der Waals surface area contributed by atoms with E-state index >= 15 is 0 Å². The summed E-state index contributed by atoms with van der Waals surface area (Å²) in [6.45, 7) is -0.328. The molecule has 0 aliphatic rings. The summed E-state index contributed by atoms with van der Waals surface area (Å²) < 4.78 is 15.1. The van der Waals surface area contributed by atoms with Gasteiger partial charge in [0.05, 0.1) is 14.2 Å². The first-order valence-electron chi connectivity index (χ1n) is 12.9. The van der Waals surface area contributed by atoms with Crippen molar-refractivity contribution in [2.24, 2.45) is 0 Å². The molecule has 1 heterocycles. The lowest BCUT2D eigenvalue weighted by Crippen LogP contribution is -2.30. The van der Waals surface area contributed by atoms with Gasteiger partial charge < -0.3 is 14.7 Å². The van der Waals surface area contributed by atoms with Crippen LogP contribution in [-0.2, 0) is 17.9 Å². The fourth-order valence-electron chi connectivity index (χ4n) is 3.96. The Morgan fingerprint density at radius 3 is 2.41 bits per heavy atom. The number of nitrogens with zero attached hydrogens (tertiary/aromatic N) is 2. The minimum Gasteiger partial charge on any atom is -0.493 e. The van der Waals surface area contributed by atoms with Crippen LogP contribution in [0.25, 0.3) is 11.1 Å². The fraction of sp³-hybridized carbons (Fsp3) is 0.233. The third kappa shape index (κ3) is 7.54. The van der Waals surface area contributed by atoms with E-state index in [-0.39, 0.29) is 18.9 Å². The number of aliphatic carboxylic acids is 1. The van der Waals surface area contributed by atoms with Gasteiger partial charge in [0.1, 0.15) is 5.75 Å². The molecule has 1 aromatic heterocycles. The zero-order valence-corrected chi connectivity index (χ0v) is 20.5. The molecule has 4 aromatic rings. The number of amides is 1. The smallest absolute Gasteiger partial charge is 0.303 e. The minimum atomic E-state index is -1.00. The lowest BCUT2D eigenvalue weighted by Gasteiger charge is -2.24. The maximum absolute atomic E-state index is 13.8. The van der Waals surface area contributed by atoms with Crippen molar-refractivity contribution >= 4 is 11.9 Å². The highest BCUT2D eigenvalue weighted by atomic mass is 16.5. The summed E-state index contributed by atoms with van der Waals surface area (Å²) in [5.41, 5.74) is 3.87. The van der Waals surface area contributed by atoms with Crippen molar-refractivity contribution in [1.29, 1.82) is 0 Å². The minimum absolute atomic E-state index is 0.144. The molecule has 0 radical (unpaired) electrons. The van der Waals surface area contributed by atoms with E-state index in [4.69, 9.17) is 11.2 Å². The predicted molar refractivity (Wildman–Crippen MR) is 142 cm³/mol. The highest BCUT2D eigenvalue weighted by Gasteiger charge is 2.19. The average molecular weight is 499 g/mol. The number of carbonyl (C=O) groups excluding carboxylic acids is 1. The van der Waals surface area contributed by atoms with E-state index in [1.165, 1.54) is 4.90 Å². The number of carboxylic acids is 1. The van der Waals surface area contributed by atoms with Crippen LogP contribution in [0, 0.1) is 0 Å². The van der Waals surface area contributed by atoms with E-state index in [1.807, 2.05) is 60.7 Å². The quantitative estimate of drug-likeness (QED) is 0.222. The van der Waals surface area contributed by atoms with Gasteiger partial charge in [0, 0.05) is 42.4 Å². The third-order valence-electron chi connectivity index (χ3n) is 5.93. The van der Waals surface area contributed by atoms with E-state index < -0.39 is 12.5 Å². The number of carbonyl (C=O) groups is 2. The van der Waals surface area contributed by atoms with Crippen LogP contribution < -0.4 is 4.74 Å². The average Bonchev–Trinajstić information content (AvgIpc) is 3.49. The number of H-pyrrole nitrogens is 1. The Morgan fingerprint density at radius 1 is 0.919 bits per heavy atom. The van der Waals surface area contributed by atoms with Gasteiger partial charge >= 0.3 is 5.97 Å². The second-order valence-electron chi connectivity index (χ2n) is 8.70. The summed E-state index contributed by atoms with van der Waals surface area (Å²) >= 11 is 0. The number of nitrogens with one attached hydrogen (secondary N) is 1. The van der Waals surface area contributed by atoms with Crippen molar-refractivity contribution in [3.05, 3.63) is 108 Å². The molecule has 0 aliphatic heterocycles. The number of hydrogen-bond acceptors (Lipinski definition) is 4. The first-order chi connectivity index (χ1) is 18.5. The molecule has 7 nitrogen and oxygen atoms in total. The SMILES string of the molecule is [2H]C(c1ccccc1OCCCCCC(=O)O)N(Cc1ccccc1)C(=O)c1ccc(-c2cn[nH]c2)cc1. The normalized spacial score (nSPS) is 11.9. The second kappa shape index (κ2) is 13.1. The van der Waals surface area contributed by atoms with E-state index in [2.05, 4.69) is 10.2 Å². The van der Waals surface area contributed by atoms with Crippen LogP contribution in [0.15, 0.2) is 91.3 Å². The largest absolute Gasteiger partial charge is 0.493 e. The lowest BCUT2D eigenvalue weighted by atomic mass is 10.1. The van der Waals surface area contributed by atoms with Gasteiger partial charge in [0.2, 0.25) is 0 Å². The van der Waals surface area contributed by atoms with E-state index in [0.717, 1.165) is 23.1 Å². The monoisotopic (exact) mass is 498 g/mol. The molecule has 0 fully saturated rings. The third-order valence-corrected chi connectivity index (χ3v) is 5.93. The Morgan fingerprint density at radius 2 is 1.68 bits per heavy atom. The van der Waals surface area contributed by atoms with Crippen molar-refractivity contribution in [3.63, 3.8) is 0 Å². The van der Waals surface area contributed by atoms with Gasteiger partial charge in [-0.1, -0.05) is 60.7 Å². The summed E-state index contributed by atoms with van der Waals surface area (Å²) in [5, 5.41) is 15.6. The number of para-hydroxylation sites is 1. The molecule has 0 saturated heterocycles. The topological polar surface area (TPSA) is 95.5 Å². The molecule has 2 N–H and O–H groups in total. The number of rotatable bonds is 13. The van der Waals surface area contributed by atoms with E-state index in [0.29, 0.717) is 36.3 Å². The summed E-state index contributed by atoms with van der Waals surface area (Å²) in [6.07, 6.45) is 5.71. The standard InChI is InChI=1S/C30H31N3O4/c34-29(35)13-5-2-8-18-37-28-12-7-6-11-26(28)22-33(21-23-9-3-1-4-10-23)30(36)25-16-14-24(15-17-25)27-19-31-32-20-27/h1,3-4,6-7,9-12,14-17,19-20H,2,5,8,13,18,21-22H2,(H,31,32)(H,34,35)/i22D. The van der Waals surface area contributed by atoms with Crippen molar-refractivity contribution in [2.75, 3.05) is 6.61 Å². The molecule has 0 bridgehead atoms. The van der Waals surface area contributed by atoms with Crippen LogP contribution in [-0.4, -0.2) is 38.7 Å². The Balaban J connectivity index is 1.53. The zero-order chi connectivity index (χ0) is 26.7. The van der Waals surface area contributed by atoms with Crippen molar-refractivity contribution in [3.8, 4) is 16.9 Å². The van der Waals surface area contributed by atoms with Gasteiger partial charge in [0.15, 0.2) is 0 Å². The Kier molecular flexibility index (Phi) is 8.59. The summed E-state index contributed by atoms with van der Waals surface area (Å²) in [6, 6.07) is 24.2. The van der Waals surface area contributed by atoms with Crippen LogP contribution >= 0.6 is 0 Å². The van der Waals surface area contributed by atoms with Crippen LogP contribution in [0.2, 0.25) is 0 Å². The number of hydrogen-bond donors (Lipinski definition) is 2. The Labute approximate surface area is 218 Å². The van der Waals surface area contributed by atoms with Gasteiger partial charge in [-0.15, -0.1) is 0 Å². The molecule has 0 spiro atoms. The zero-order valence-electron chi connectivity index (χ0n) is 21.5. The molecular weight excluding hydrogens is 466 g/mol. The van der Waals surface area contributed by atoms with Crippen LogP contribution in [0.1, 0.15) is 48.5 Å². The number of unbranched alkanes of at least 4 members (excludes halogenated alkanes) is 2. The second-order valence-corrected chi connectivity index (χ2v) is 8.70. The van der Waals surface area contributed by atoms with Gasteiger partial charge in [0.25, 0.3) is 5.91 Å². The molecule has 190 valence electrons.